The van der Waals surface area contributed by atoms with Crippen molar-refractivity contribution in [3.8, 4) is 0 Å². The molecule has 1 atom stereocenters. The van der Waals surface area contributed by atoms with Crippen LogP contribution in [0.25, 0.3) is 0 Å². The Balaban J connectivity index is 2.62. The lowest BCUT2D eigenvalue weighted by atomic mass is 10.7. The summed E-state index contributed by atoms with van der Waals surface area (Å²) in [6.07, 6.45) is 0. The summed E-state index contributed by atoms with van der Waals surface area (Å²) in [6.45, 7) is 0. The van der Waals surface area contributed by atoms with Gasteiger partial charge in [-0.1, -0.05) is 27.7 Å². The van der Waals surface area contributed by atoms with Crippen LogP contribution in [0.3, 0.4) is 0 Å². The smallest absolute Gasteiger partial charge is 0.270 e. The number of amides is 1. The molecule has 1 unspecified atom stereocenters. The fourth-order valence-corrected chi connectivity index (χ4v) is 1.11. The third-order valence-electron chi connectivity index (χ3n) is 0.554. The highest BCUT2D eigenvalue weighted by Gasteiger charge is 2.17. The highest BCUT2D eigenvalue weighted by molar-refractivity contribution is 9.12. The molecule has 1 heterocycles. The molecular weight excluding hydrogens is 178 g/mol. The maximum atomic E-state index is 10.3. The number of thioether (sulfide) groups is 1. The first-order valence-corrected chi connectivity index (χ1v) is 3.52. The van der Waals surface area contributed by atoms with Gasteiger partial charge < -0.3 is 0 Å². The fraction of sp³-hybridized carbons (Fsp3) is 0.333. The summed E-state index contributed by atoms with van der Waals surface area (Å²) in [6, 6.07) is 0. The van der Waals surface area contributed by atoms with E-state index in [9.17, 15) is 4.79 Å². The number of hydrogen-bond acceptors (Lipinski definition) is 2. The Bertz CT molecular complexity index is 124. The molecule has 0 aromatic carbocycles. The zero-order valence-corrected chi connectivity index (χ0v) is 5.70. The summed E-state index contributed by atoms with van der Waals surface area (Å²) in [5, 5.41) is 0. The predicted molar refractivity (Wildman–Crippen MR) is 33.8 cm³/mol. The monoisotopic (exact) mass is 179 g/mol. The maximum Gasteiger partial charge on any atom is 0.270 e. The zero-order chi connectivity index (χ0) is 5.28. The standard InChI is InChI=1S/C3H2BrNOS/c4-2-3(6)5-1-7-2/h1-2H. The van der Waals surface area contributed by atoms with Gasteiger partial charge in [0, 0.05) is 0 Å². The molecule has 38 valence electrons. The summed E-state index contributed by atoms with van der Waals surface area (Å²) in [5.74, 6) is -0.0926. The van der Waals surface area contributed by atoms with Gasteiger partial charge in [0.1, 0.15) is 4.16 Å². The first-order valence-electron chi connectivity index (χ1n) is 1.66. The molecule has 0 spiro atoms. The van der Waals surface area contributed by atoms with E-state index in [-0.39, 0.29) is 10.1 Å². The normalized spacial score (nSPS) is 29.3. The molecule has 0 saturated carbocycles. The van der Waals surface area contributed by atoms with E-state index in [0.29, 0.717) is 0 Å². The Morgan fingerprint density at radius 2 is 2.71 bits per heavy atom. The molecule has 1 aliphatic rings. The van der Waals surface area contributed by atoms with Gasteiger partial charge in [-0.15, -0.1) is 0 Å². The minimum absolute atomic E-state index is 0.0926. The molecule has 2 nitrogen and oxygen atoms in total. The molecule has 0 aliphatic carbocycles. The van der Waals surface area contributed by atoms with Crippen LogP contribution in [0.4, 0.5) is 0 Å². The summed E-state index contributed by atoms with van der Waals surface area (Å²) in [7, 11) is 0. The number of carbonyl (C=O) groups excluding carboxylic acids is 1. The quantitative estimate of drug-likeness (QED) is 0.520. The SMILES string of the molecule is O=C1N=CSC1Br. The molecule has 0 saturated heterocycles. The number of hydrogen-bond donors (Lipinski definition) is 0. The number of aliphatic imine (C=N–C) groups is 1. The number of nitrogens with zero attached hydrogens (tertiary/aromatic N) is 1. The van der Waals surface area contributed by atoms with Crippen molar-refractivity contribution in [2.24, 2.45) is 4.99 Å². The van der Waals surface area contributed by atoms with Crippen molar-refractivity contribution in [3.05, 3.63) is 0 Å². The van der Waals surface area contributed by atoms with Gasteiger partial charge >= 0.3 is 0 Å². The molecular formula is C3H2BrNOS. The fourth-order valence-electron chi connectivity index (χ4n) is 0.253. The lowest BCUT2D eigenvalue weighted by Crippen LogP contribution is -1.98. The molecule has 0 aromatic heterocycles. The molecule has 4 heteroatoms. The number of carbonyl (C=O) groups is 1. The van der Waals surface area contributed by atoms with Crippen molar-refractivity contribution >= 4 is 39.1 Å². The largest absolute Gasteiger partial charge is 0.270 e. The molecule has 0 bridgehead atoms. The average molecular weight is 180 g/mol. The van der Waals surface area contributed by atoms with Gasteiger partial charge in [-0.3, -0.25) is 4.79 Å². The minimum Gasteiger partial charge on any atom is -0.270 e. The molecule has 0 N–H and O–H groups in total. The van der Waals surface area contributed by atoms with Crippen LogP contribution < -0.4 is 0 Å². The van der Waals surface area contributed by atoms with Gasteiger partial charge in [0.2, 0.25) is 0 Å². The van der Waals surface area contributed by atoms with Crippen molar-refractivity contribution in [2.75, 3.05) is 0 Å². The molecule has 1 rings (SSSR count). The van der Waals surface area contributed by atoms with E-state index in [0.717, 1.165) is 0 Å². The van der Waals surface area contributed by atoms with Crippen LogP contribution in [-0.2, 0) is 4.79 Å². The van der Waals surface area contributed by atoms with Crippen LogP contribution in [0.15, 0.2) is 4.99 Å². The van der Waals surface area contributed by atoms with Crippen molar-refractivity contribution in [1.82, 2.24) is 0 Å². The summed E-state index contributed by atoms with van der Waals surface area (Å²) < 4.78 is -0.118. The summed E-state index contributed by atoms with van der Waals surface area (Å²) in [4.78, 5) is 13.8. The third kappa shape index (κ3) is 1.04. The Hall–Kier alpha value is 0.170. The van der Waals surface area contributed by atoms with E-state index >= 15 is 0 Å². The van der Waals surface area contributed by atoms with Crippen molar-refractivity contribution < 1.29 is 4.79 Å². The zero-order valence-electron chi connectivity index (χ0n) is 3.30. The highest BCUT2D eigenvalue weighted by atomic mass is 79.9. The first-order chi connectivity index (χ1) is 3.30. The van der Waals surface area contributed by atoms with Crippen LogP contribution in [0.5, 0.6) is 0 Å². The minimum atomic E-state index is -0.118. The molecule has 7 heavy (non-hydrogen) atoms. The van der Waals surface area contributed by atoms with Gasteiger partial charge in [0.15, 0.2) is 0 Å². The van der Waals surface area contributed by atoms with Crippen molar-refractivity contribution in [1.29, 1.82) is 0 Å². The topological polar surface area (TPSA) is 29.4 Å². The van der Waals surface area contributed by atoms with Crippen LogP contribution in [0, 0.1) is 0 Å². The Morgan fingerprint density at radius 1 is 2.00 bits per heavy atom. The van der Waals surface area contributed by atoms with Crippen molar-refractivity contribution in [3.63, 3.8) is 0 Å². The van der Waals surface area contributed by atoms with Crippen LogP contribution in [0.1, 0.15) is 0 Å². The molecule has 0 radical (unpaired) electrons. The third-order valence-corrected chi connectivity index (χ3v) is 2.26. The van der Waals surface area contributed by atoms with Crippen LogP contribution in [-0.4, -0.2) is 15.6 Å². The second-order valence-electron chi connectivity index (χ2n) is 1.02. The Morgan fingerprint density at radius 3 is 2.86 bits per heavy atom. The first kappa shape index (κ1) is 5.31. The summed E-state index contributed by atoms with van der Waals surface area (Å²) >= 11 is 4.47. The van der Waals surface area contributed by atoms with E-state index in [1.54, 1.807) is 5.55 Å². The van der Waals surface area contributed by atoms with Gasteiger partial charge in [0.25, 0.3) is 5.91 Å². The maximum absolute atomic E-state index is 10.3. The van der Waals surface area contributed by atoms with E-state index in [1.165, 1.54) is 11.8 Å². The van der Waals surface area contributed by atoms with E-state index < -0.39 is 0 Å². The van der Waals surface area contributed by atoms with Gasteiger partial charge in [0.05, 0.1) is 5.55 Å². The Labute approximate surface area is 53.5 Å². The van der Waals surface area contributed by atoms with Gasteiger partial charge in [-0.25, -0.2) is 4.99 Å². The molecule has 0 aromatic rings. The van der Waals surface area contributed by atoms with E-state index in [1.807, 2.05) is 0 Å². The lowest BCUT2D eigenvalue weighted by Gasteiger charge is -1.86. The second-order valence-corrected chi connectivity index (χ2v) is 3.50. The number of halogens is 1. The molecule has 0 fully saturated rings. The number of alkyl halides is 1. The summed E-state index contributed by atoms with van der Waals surface area (Å²) in [5.41, 5.74) is 1.54. The molecule has 1 amide bonds. The second kappa shape index (κ2) is 1.96. The van der Waals surface area contributed by atoms with Gasteiger partial charge in [-0.2, -0.15) is 0 Å². The lowest BCUT2D eigenvalue weighted by molar-refractivity contribution is -0.115. The van der Waals surface area contributed by atoms with Crippen LogP contribution in [0.2, 0.25) is 0 Å². The number of rotatable bonds is 0. The van der Waals surface area contributed by atoms with Crippen LogP contribution >= 0.6 is 27.7 Å². The highest BCUT2D eigenvalue weighted by Crippen LogP contribution is 2.21. The van der Waals surface area contributed by atoms with Gasteiger partial charge in [-0.05, 0) is 0 Å². The molecule has 1 aliphatic heterocycles. The Kier molecular flexibility index (Phi) is 1.49. The van der Waals surface area contributed by atoms with E-state index in [2.05, 4.69) is 20.9 Å². The van der Waals surface area contributed by atoms with E-state index in [4.69, 9.17) is 0 Å². The predicted octanol–water partition coefficient (Wildman–Crippen LogP) is 1.01. The van der Waals surface area contributed by atoms with Crippen molar-refractivity contribution in [2.45, 2.75) is 4.16 Å². The average Bonchev–Trinajstić information content (AvgIpc) is 1.91.